The average Bonchev–Trinajstić information content (AvgIpc) is 2.91. The Morgan fingerprint density at radius 3 is 1.86 bits per heavy atom. The number of carbonyl (C=O) groups is 1. The zero-order valence-electron chi connectivity index (χ0n) is 23.1. The van der Waals surface area contributed by atoms with Crippen molar-refractivity contribution in [3.05, 3.63) is 95.6 Å². The zero-order chi connectivity index (χ0) is 30.7. The molecule has 0 saturated carbocycles. The van der Waals surface area contributed by atoms with Gasteiger partial charge in [0, 0.05) is 16.9 Å². The van der Waals surface area contributed by atoms with Crippen LogP contribution >= 0.6 is 0 Å². The van der Waals surface area contributed by atoms with E-state index in [4.69, 9.17) is 5.73 Å². The summed E-state index contributed by atoms with van der Waals surface area (Å²) in [4.78, 5) is 11.1. The Bertz CT molecular complexity index is 1960. The van der Waals surface area contributed by atoms with E-state index in [1.54, 1.807) is 61.5 Å². The summed E-state index contributed by atoms with van der Waals surface area (Å²) in [6.45, 7) is 3.51. The molecule has 16 heteroatoms. The number of anilines is 2. The molecule has 0 fully saturated rings. The van der Waals surface area contributed by atoms with Gasteiger partial charge in [-0.15, -0.1) is 5.11 Å². The van der Waals surface area contributed by atoms with Crippen LogP contribution in [-0.4, -0.2) is 31.8 Å². The molecular formula is C27H24N6NaO7S2+. The Kier molecular flexibility index (Phi) is 10.7. The van der Waals surface area contributed by atoms with Gasteiger partial charge in [-0.1, -0.05) is 0 Å². The van der Waals surface area contributed by atoms with E-state index in [1.807, 2.05) is 6.92 Å². The van der Waals surface area contributed by atoms with E-state index in [-0.39, 0.29) is 35.5 Å². The third-order valence-electron chi connectivity index (χ3n) is 5.85. The van der Waals surface area contributed by atoms with Crippen LogP contribution in [0.15, 0.2) is 109 Å². The number of nitrogens with two attached hydrogens (primary N) is 1. The molecule has 0 aromatic heterocycles. The molecule has 0 spiro atoms. The molecule has 216 valence electrons. The van der Waals surface area contributed by atoms with Crippen molar-refractivity contribution >= 4 is 60.3 Å². The summed E-state index contributed by atoms with van der Waals surface area (Å²) in [5, 5.41) is 19.1. The van der Waals surface area contributed by atoms with Crippen molar-refractivity contribution in [1.82, 2.24) is 0 Å². The maximum Gasteiger partial charge on any atom is 1.00 e. The molecule has 0 radical (unpaired) electrons. The average molecular weight is 632 g/mol. The first-order valence-corrected chi connectivity index (χ1v) is 14.9. The molecule has 0 aliphatic rings. The number of azo groups is 2. The molecule has 4 aromatic carbocycles. The first-order valence-electron chi connectivity index (χ1n) is 12.0. The molecule has 0 aliphatic carbocycles. The van der Waals surface area contributed by atoms with Crippen molar-refractivity contribution in [1.29, 1.82) is 0 Å². The molecule has 1 amide bonds. The van der Waals surface area contributed by atoms with Crippen molar-refractivity contribution < 1.29 is 60.3 Å². The predicted molar refractivity (Wildman–Crippen MR) is 156 cm³/mol. The van der Waals surface area contributed by atoms with Crippen LogP contribution in [0.5, 0.6) is 0 Å². The van der Waals surface area contributed by atoms with Crippen LogP contribution in [0.4, 0.5) is 34.1 Å². The largest absolute Gasteiger partial charge is 1.00 e. The van der Waals surface area contributed by atoms with Crippen LogP contribution in [0.3, 0.4) is 0 Å². The van der Waals surface area contributed by atoms with Gasteiger partial charge < -0.3 is 11.1 Å². The normalized spacial score (nSPS) is 11.9. The fourth-order valence-corrected chi connectivity index (χ4v) is 4.78. The number of benzene rings is 4. The van der Waals surface area contributed by atoms with Gasteiger partial charge in [-0.25, -0.2) is 0 Å². The SMILES string of the molecule is Cc1cc(NC(=O)c2ccc(N)cc2)ccc1N=Nc1ccc(N=Nc2cc(S(=O)(=O)O)ccc2S(=O)(=O)O)c(C)c1.[Na+]. The molecular weight excluding hydrogens is 607 g/mol. The Balaban J connectivity index is 0.00000506. The Labute approximate surface area is 269 Å². The second kappa shape index (κ2) is 13.6. The van der Waals surface area contributed by atoms with Crippen LogP contribution in [0, 0.1) is 13.8 Å². The maximum absolute atomic E-state index is 12.5. The van der Waals surface area contributed by atoms with E-state index in [9.17, 15) is 30.7 Å². The van der Waals surface area contributed by atoms with Crippen molar-refractivity contribution in [2.24, 2.45) is 20.5 Å². The van der Waals surface area contributed by atoms with E-state index in [2.05, 4.69) is 25.8 Å². The Morgan fingerprint density at radius 2 is 1.28 bits per heavy atom. The maximum atomic E-state index is 12.5. The molecule has 13 nitrogen and oxygen atoms in total. The third-order valence-corrected chi connectivity index (χ3v) is 7.60. The zero-order valence-corrected chi connectivity index (χ0v) is 26.8. The summed E-state index contributed by atoms with van der Waals surface area (Å²) >= 11 is 0. The molecule has 0 aliphatic heterocycles. The van der Waals surface area contributed by atoms with Gasteiger partial charge >= 0.3 is 29.6 Å². The molecule has 0 heterocycles. The number of nitrogens with zero attached hydrogens (tertiary/aromatic N) is 4. The first kappa shape index (κ1) is 33.7. The topological polar surface area (TPSA) is 213 Å². The van der Waals surface area contributed by atoms with Crippen LogP contribution in [-0.2, 0) is 20.2 Å². The second-order valence-corrected chi connectivity index (χ2v) is 11.8. The smallest absolute Gasteiger partial charge is 0.399 e. The van der Waals surface area contributed by atoms with E-state index in [1.165, 1.54) is 6.07 Å². The minimum absolute atomic E-state index is 0. The predicted octanol–water partition coefficient (Wildman–Crippen LogP) is 3.47. The summed E-state index contributed by atoms with van der Waals surface area (Å²) in [5.41, 5.74) is 9.46. The van der Waals surface area contributed by atoms with Crippen molar-refractivity contribution in [2.45, 2.75) is 23.6 Å². The number of nitrogen functional groups attached to an aromatic ring is 1. The number of hydrogen-bond donors (Lipinski definition) is 4. The molecule has 0 unspecified atom stereocenters. The molecule has 0 atom stereocenters. The molecule has 5 N–H and O–H groups in total. The molecule has 43 heavy (non-hydrogen) atoms. The van der Waals surface area contributed by atoms with E-state index in [0.717, 1.165) is 23.8 Å². The van der Waals surface area contributed by atoms with Crippen LogP contribution in [0.1, 0.15) is 21.5 Å². The minimum Gasteiger partial charge on any atom is -0.399 e. The van der Waals surface area contributed by atoms with Gasteiger partial charge in [0.15, 0.2) is 0 Å². The van der Waals surface area contributed by atoms with Crippen molar-refractivity contribution in [2.75, 3.05) is 11.1 Å². The van der Waals surface area contributed by atoms with E-state index in [0.29, 0.717) is 39.6 Å². The molecule has 0 saturated heterocycles. The fourth-order valence-electron chi connectivity index (χ4n) is 3.67. The van der Waals surface area contributed by atoms with Gasteiger partial charge in [-0.3, -0.25) is 13.9 Å². The Hall–Kier alpha value is -3.83. The molecule has 4 aromatic rings. The number of hydrogen-bond acceptors (Lipinski definition) is 10. The molecule has 4 rings (SSSR count). The van der Waals surface area contributed by atoms with Gasteiger partial charge in [0.05, 0.1) is 22.0 Å². The third kappa shape index (κ3) is 8.84. The second-order valence-electron chi connectivity index (χ2n) is 9.03. The van der Waals surface area contributed by atoms with Crippen molar-refractivity contribution in [3.63, 3.8) is 0 Å². The fraction of sp³-hybridized carbons (Fsp3) is 0.0741. The summed E-state index contributed by atoms with van der Waals surface area (Å²) in [5.74, 6) is -0.281. The standard InChI is InChI=1S/C27H24N6O7S2.Na/c1-16-13-20(29-27(34)18-3-5-19(28)6-4-18)7-10-23(16)31-30-21-8-11-24(17(2)14-21)32-33-25-15-22(41(35,36)37)9-12-26(25)42(38,39)40;/h3-15H,28H2,1-2H3,(H,29,34)(H,35,36,37)(H,38,39,40);/q;+1. The van der Waals surface area contributed by atoms with Crippen LogP contribution in [0.25, 0.3) is 0 Å². The quantitative estimate of drug-likeness (QED) is 0.0975. The van der Waals surface area contributed by atoms with Crippen LogP contribution in [0.2, 0.25) is 0 Å². The van der Waals surface area contributed by atoms with Gasteiger partial charge in [0.25, 0.3) is 26.1 Å². The van der Waals surface area contributed by atoms with E-state index < -0.39 is 35.7 Å². The van der Waals surface area contributed by atoms with Gasteiger partial charge in [-0.05, 0) is 104 Å². The van der Waals surface area contributed by atoms with Crippen molar-refractivity contribution in [3.8, 4) is 0 Å². The van der Waals surface area contributed by atoms with E-state index >= 15 is 0 Å². The number of amides is 1. The van der Waals surface area contributed by atoms with Crippen LogP contribution < -0.4 is 40.6 Å². The summed E-state index contributed by atoms with van der Waals surface area (Å²) in [6, 6.07) is 18.9. The number of nitrogens with one attached hydrogen (secondary N) is 1. The summed E-state index contributed by atoms with van der Waals surface area (Å²) in [7, 11) is -9.42. The molecule has 0 bridgehead atoms. The summed E-state index contributed by atoms with van der Waals surface area (Å²) in [6.07, 6.45) is 0. The number of aryl methyl sites for hydroxylation is 2. The summed E-state index contributed by atoms with van der Waals surface area (Å²) < 4.78 is 65.0. The van der Waals surface area contributed by atoms with Gasteiger partial charge in [0.1, 0.15) is 10.6 Å². The number of rotatable bonds is 8. The van der Waals surface area contributed by atoms with Gasteiger partial charge in [0.2, 0.25) is 0 Å². The number of carbonyl (C=O) groups excluding carboxylic acids is 1. The van der Waals surface area contributed by atoms with Gasteiger partial charge in [-0.2, -0.15) is 32.2 Å². The first-order chi connectivity index (χ1) is 19.7. The minimum atomic E-state index is -4.76. The monoisotopic (exact) mass is 631 g/mol. The Morgan fingerprint density at radius 1 is 0.698 bits per heavy atom.